The molecule has 1 nitrogen and oxygen atoms in total. The lowest BCUT2D eigenvalue weighted by molar-refractivity contribution is 0.00391. The predicted octanol–water partition coefficient (Wildman–Crippen LogP) is 16.9. The van der Waals surface area contributed by atoms with E-state index in [1.165, 1.54) is 120 Å². The highest BCUT2D eigenvalue weighted by molar-refractivity contribution is 6.30. The van der Waals surface area contributed by atoms with E-state index >= 15 is 0 Å². The van der Waals surface area contributed by atoms with E-state index in [0.29, 0.717) is 6.61 Å². The predicted molar refractivity (Wildman–Crippen MR) is 264 cm³/mol. The van der Waals surface area contributed by atoms with Gasteiger partial charge in [-0.3, -0.25) is 0 Å². The maximum Gasteiger partial charge on any atom is 0.0837 e. The number of fused-ring (bicyclic) bond motifs is 14. The van der Waals surface area contributed by atoms with Crippen LogP contribution in [0.1, 0.15) is 36.0 Å². The third-order valence-corrected chi connectivity index (χ3v) is 14.1. The maximum absolute atomic E-state index is 7.33. The first-order valence-corrected chi connectivity index (χ1v) is 22.1. The minimum atomic E-state index is -0.0550. The molecule has 1 heteroatoms. The number of benzene rings is 12. The van der Waals surface area contributed by atoms with Crippen LogP contribution in [-0.4, -0.2) is 6.61 Å². The van der Waals surface area contributed by atoms with E-state index in [1.807, 2.05) is 0 Å². The first-order chi connectivity index (χ1) is 30.8. The second-order valence-electron chi connectivity index (χ2n) is 17.2. The molecule has 0 bridgehead atoms. The van der Waals surface area contributed by atoms with Crippen molar-refractivity contribution in [2.24, 2.45) is 0 Å². The summed E-state index contributed by atoms with van der Waals surface area (Å²) in [4.78, 5) is 0. The molecule has 1 saturated heterocycles. The Kier molecular flexibility index (Phi) is 8.08. The second kappa shape index (κ2) is 14.1. The topological polar surface area (TPSA) is 9.23 Å². The molecule has 62 heavy (non-hydrogen) atoms. The van der Waals surface area contributed by atoms with Gasteiger partial charge in [0.25, 0.3) is 0 Å². The van der Waals surface area contributed by atoms with Gasteiger partial charge in [-0.25, -0.2) is 0 Å². The summed E-state index contributed by atoms with van der Waals surface area (Å²) >= 11 is 0. The van der Waals surface area contributed by atoms with Crippen LogP contribution in [-0.2, 0) is 4.74 Å². The summed E-state index contributed by atoms with van der Waals surface area (Å²) in [6, 6.07) is 76.7. The zero-order chi connectivity index (χ0) is 40.7. The van der Waals surface area contributed by atoms with Gasteiger partial charge in [0.2, 0.25) is 0 Å². The molecule has 12 aromatic carbocycles. The van der Waals surface area contributed by atoms with Crippen molar-refractivity contribution in [1.82, 2.24) is 0 Å². The fraction of sp³-hybridized carbons (Fsp3) is 0.0820. The van der Waals surface area contributed by atoms with Gasteiger partial charge in [-0.1, -0.05) is 206 Å². The van der Waals surface area contributed by atoms with Gasteiger partial charge in [-0.15, -0.1) is 0 Å². The zero-order valence-corrected chi connectivity index (χ0v) is 34.3. The highest BCUT2D eigenvalue weighted by Crippen LogP contribution is 2.49. The molecule has 0 radical (unpaired) electrons. The lowest BCUT2D eigenvalue weighted by atomic mass is 9.79. The average Bonchev–Trinajstić information content (AvgIpc) is 3.35. The van der Waals surface area contributed by atoms with Gasteiger partial charge in [0.15, 0.2) is 0 Å². The van der Waals surface area contributed by atoms with Gasteiger partial charge in [-0.05, 0) is 132 Å². The quantitative estimate of drug-likeness (QED) is 0.161. The lowest BCUT2D eigenvalue weighted by Gasteiger charge is -2.33. The Balaban J connectivity index is 0.973. The molecule has 2 unspecified atom stereocenters. The Bertz CT molecular complexity index is 3430. The second-order valence-corrected chi connectivity index (χ2v) is 17.2. The molecule has 292 valence electrons. The number of hydrogen-bond donors (Lipinski definition) is 0. The van der Waals surface area contributed by atoms with Crippen molar-refractivity contribution in [1.29, 1.82) is 0 Å². The summed E-state index contributed by atoms with van der Waals surface area (Å²) < 4.78 is 7.33. The molecule has 1 heterocycles. The monoisotopic (exact) mass is 790 g/mol. The molecule has 1 aliphatic rings. The van der Waals surface area contributed by atoms with E-state index in [-0.39, 0.29) is 12.0 Å². The molecule has 2 atom stereocenters. The summed E-state index contributed by atoms with van der Waals surface area (Å²) in [5.74, 6) is 0.223. The van der Waals surface area contributed by atoms with E-state index < -0.39 is 0 Å². The Morgan fingerprint density at radius 2 is 0.629 bits per heavy atom. The molecule has 0 spiro atoms. The largest absolute Gasteiger partial charge is 0.373 e. The summed E-state index contributed by atoms with van der Waals surface area (Å²) in [7, 11) is 0. The van der Waals surface area contributed by atoms with Crippen LogP contribution in [0.4, 0.5) is 0 Å². The molecule has 0 N–H and O–H groups in total. The van der Waals surface area contributed by atoms with Gasteiger partial charge in [0, 0.05) is 5.92 Å². The fourth-order valence-electron chi connectivity index (χ4n) is 11.4. The third kappa shape index (κ3) is 5.32. The normalized spacial score (nSPS) is 15.8. The molecule has 1 aliphatic heterocycles. The Morgan fingerprint density at radius 1 is 0.274 bits per heavy atom. The molecule has 0 amide bonds. The van der Waals surface area contributed by atoms with Crippen LogP contribution in [0.5, 0.6) is 0 Å². The highest BCUT2D eigenvalue weighted by atomic mass is 16.5. The smallest absolute Gasteiger partial charge is 0.0837 e. The van der Waals surface area contributed by atoms with Crippen LogP contribution in [0.15, 0.2) is 206 Å². The molecule has 12 aromatic rings. The molecular weight excluding hydrogens is 749 g/mol. The summed E-state index contributed by atoms with van der Waals surface area (Å²) in [5, 5.41) is 20.7. The van der Waals surface area contributed by atoms with E-state index in [2.05, 4.69) is 206 Å². The van der Waals surface area contributed by atoms with Crippen molar-refractivity contribution in [2.75, 3.05) is 6.61 Å². The summed E-state index contributed by atoms with van der Waals surface area (Å²) in [6.07, 6.45) is 1.89. The fourth-order valence-corrected chi connectivity index (χ4v) is 11.4. The molecule has 0 saturated carbocycles. The zero-order valence-electron chi connectivity index (χ0n) is 34.3. The number of hydrogen-bond acceptors (Lipinski definition) is 1. The minimum absolute atomic E-state index is 0.0550. The first kappa shape index (κ1) is 35.4. The van der Waals surface area contributed by atoms with E-state index in [9.17, 15) is 0 Å². The molecule has 13 rings (SSSR count). The van der Waals surface area contributed by atoms with Crippen LogP contribution in [0, 0.1) is 0 Å². The van der Waals surface area contributed by atoms with Crippen molar-refractivity contribution >= 4 is 86.2 Å². The number of ether oxygens (including phenoxy) is 1. The van der Waals surface area contributed by atoms with Crippen LogP contribution in [0.25, 0.3) is 108 Å². The Hall–Kier alpha value is -7.32. The first-order valence-electron chi connectivity index (χ1n) is 22.1. The lowest BCUT2D eigenvalue weighted by Crippen LogP contribution is -2.21. The van der Waals surface area contributed by atoms with Crippen molar-refractivity contribution in [3.8, 4) is 22.3 Å². The van der Waals surface area contributed by atoms with Gasteiger partial charge in [0.05, 0.1) is 12.7 Å². The van der Waals surface area contributed by atoms with Crippen LogP contribution < -0.4 is 0 Å². The van der Waals surface area contributed by atoms with Crippen LogP contribution >= 0.6 is 0 Å². The van der Waals surface area contributed by atoms with E-state index in [1.54, 1.807) is 0 Å². The van der Waals surface area contributed by atoms with Crippen molar-refractivity contribution in [3.63, 3.8) is 0 Å². The van der Waals surface area contributed by atoms with Gasteiger partial charge >= 0.3 is 0 Å². The van der Waals surface area contributed by atoms with Crippen molar-refractivity contribution in [2.45, 2.75) is 24.9 Å². The highest BCUT2D eigenvalue weighted by Gasteiger charge is 2.31. The summed E-state index contributed by atoms with van der Waals surface area (Å²) in [5.41, 5.74) is 7.83. The SMILES string of the molecule is c1ccc2c(C3CCC(c4c(-c5cccc6c7ccccc7c7ccccc7c56)ccc5ccccc45)OC3)c(-c3cccc4c5ccccc5c5ccccc5c34)ccc2c1. The van der Waals surface area contributed by atoms with Gasteiger partial charge in [-0.2, -0.15) is 0 Å². The number of rotatable bonds is 4. The average molecular weight is 791 g/mol. The van der Waals surface area contributed by atoms with Crippen LogP contribution in [0.3, 0.4) is 0 Å². The molecular formula is C61H42O. The Morgan fingerprint density at radius 3 is 1.06 bits per heavy atom. The third-order valence-electron chi connectivity index (χ3n) is 14.1. The Labute approximate surface area is 360 Å². The molecule has 1 fully saturated rings. The van der Waals surface area contributed by atoms with E-state index in [0.717, 1.165) is 12.8 Å². The summed E-state index contributed by atoms with van der Waals surface area (Å²) in [6.45, 7) is 0.645. The molecule has 0 aliphatic carbocycles. The van der Waals surface area contributed by atoms with Gasteiger partial charge in [0.1, 0.15) is 0 Å². The van der Waals surface area contributed by atoms with E-state index in [4.69, 9.17) is 4.74 Å². The van der Waals surface area contributed by atoms with Crippen molar-refractivity contribution in [3.05, 3.63) is 217 Å². The van der Waals surface area contributed by atoms with Gasteiger partial charge < -0.3 is 4.74 Å². The maximum atomic E-state index is 7.33. The van der Waals surface area contributed by atoms with Crippen molar-refractivity contribution < 1.29 is 4.74 Å². The standard InChI is InChI=1S/C61H42O/c1-3-17-41-38(15-1)31-34-55(53-29-13-27-51-47-21-7-5-19-43(47)45-23-9-11-25-49(45)59(51)53)58(41)40-33-36-57(62-37-40)61-42-18-4-2-16-39(42)32-35-56(61)54-30-14-28-52-48-22-8-6-20-44(48)46-24-10-12-26-50(46)60(52)54/h1-32,34-35,40,57H,33,36-37H2. The minimum Gasteiger partial charge on any atom is -0.373 e. The van der Waals surface area contributed by atoms with Crippen LogP contribution in [0.2, 0.25) is 0 Å². The molecule has 0 aromatic heterocycles.